The van der Waals surface area contributed by atoms with Gasteiger partial charge in [-0.3, -0.25) is 4.79 Å². The summed E-state index contributed by atoms with van der Waals surface area (Å²) in [4.78, 5) is 24.6. The highest BCUT2D eigenvalue weighted by Gasteiger charge is 2.12. The Hall–Kier alpha value is -4.37. The molecule has 0 radical (unpaired) electrons. The summed E-state index contributed by atoms with van der Waals surface area (Å²) in [6.07, 6.45) is 1.45. The molecule has 6 heteroatoms. The first-order chi connectivity index (χ1) is 14.6. The Morgan fingerprint density at radius 2 is 1.60 bits per heavy atom. The van der Waals surface area contributed by atoms with Crippen molar-refractivity contribution in [2.75, 3.05) is 12.4 Å². The van der Waals surface area contributed by atoms with Crippen molar-refractivity contribution >= 4 is 23.6 Å². The highest BCUT2D eigenvalue weighted by atomic mass is 16.5. The minimum Gasteiger partial charge on any atom is -0.495 e. The van der Waals surface area contributed by atoms with Crippen LogP contribution < -0.4 is 14.8 Å². The third-order valence-electron chi connectivity index (χ3n) is 4.13. The molecule has 0 unspecified atom stereocenters. The molecule has 0 aliphatic heterocycles. The van der Waals surface area contributed by atoms with E-state index < -0.39 is 11.9 Å². The molecule has 0 fully saturated rings. The lowest BCUT2D eigenvalue weighted by atomic mass is 10.1. The third-order valence-corrected chi connectivity index (χ3v) is 4.13. The maximum Gasteiger partial charge on any atom is 0.343 e. The van der Waals surface area contributed by atoms with Gasteiger partial charge in [-0.25, -0.2) is 4.79 Å². The Morgan fingerprint density at radius 3 is 2.27 bits per heavy atom. The summed E-state index contributed by atoms with van der Waals surface area (Å²) in [6, 6.07) is 24.0. The van der Waals surface area contributed by atoms with E-state index in [0.29, 0.717) is 28.3 Å². The first-order valence-corrected chi connectivity index (χ1v) is 9.04. The predicted octanol–water partition coefficient (Wildman–Crippen LogP) is 4.46. The van der Waals surface area contributed by atoms with E-state index in [1.807, 2.05) is 12.1 Å². The maximum atomic E-state index is 12.5. The molecule has 1 N–H and O–H groups in total. The van der Waals surface area contributed by atoms with Gasteiger partial charge in [0.05, 0.1) is 18.4 Å². The first-order valence-electron chi connectivity index (χ1n) is 9.04. The van der Waals surface area contributed by atoms with E-state index in [4.69, 9.17) is 9.47 Å². The number of ether oxygens (including phenoxy) is 2. The van der Waals surface area contributed by atoms with Crippen molar-refractivity contribution in [3.8, 4) is 17.6 Å². The van der Waals surface area contributed by atoms with Crippen LogP contribution in [0.25, 0.3) is 6.08 Å². The van der Waals surface area contributed by atoms with Crippen molar-refractivity contribution < 1.29 is 19.1 Å². The molecule has 0 bridgehead atoms. The zero-order valence-corrected chi connectivity index (χ0v) is 16.2. The van der Waals surface area contributed by atoms with E-state index in [0.717, 1.165) is 0 Å². The van der Waals surface area contributed by atoms with Crippen molar-refractivity contribution in [3.63, 3.8) is 0 Å². The Labute approximate surface area is 174 Å². The fourth-order valence-corrected chi connectivity index (χ4v) is 2.63. The molecule has 0 aliphatic carbocycles. The van der Waals surface area contributed by atoms with Gasteiger partial charge in [-0.1, -0.05) is 42.5 Å². The maximum absolute atomic E-state index is 12.5. The van der Waals surface area contributed by atoms with E-state index >= 15 is 0 Å². The molecule has 0 saturated heterocycles. The Kier molecular flexibility index (Phi) is 6.59. The number of para-hydroxylation sites is 2. The number of benzene rings is 3. The third kappa shape index (κ3) is 5.12. The Bertz CT molecular complexity index is 1110. The normalized spacial score (nSPS) is 10.6. The number of anilines is 1. The zero-order valence-electron chi connectivity index (χ0n) is 16.2. The van der Waals surface area contributed by atoms with Gasteiger partial charge < -0.3 is 14.8 Å². The number of esters is 1. The number of nitrogens with zero attached hydrogens (tertiary/aromatic N) is 1. The summed E-state index contributed by atoms with van der Waals surface area (Å²) >= 11 is 0. The largest absolute Gasteiger partial charge is 0.495 e. The topological polar surface area (TPSA) is 88.4 Å². The lowest BCUT2D eigenvalue weighted by Gasteiger charge is -2.09. The molecule has 0 heterocycles. The van der Waals surface area contributed by atoms with Crippen LogP contribution in [0.2, 0.25) is 0 Å². The summed E-state index contributed by atoms with van der Waals surface area (Å²) in [7, 11) is 1.50. The van der Waals surface area contributed by atoms with Crippen LogP contribution in [0.4, 0.5) is 5.69 Å². The zero-order chi connectivity index (χ0) is 21.3. The van der Waals surface area contributed by atoms with Gasteiger partial charge in [-0.15, -0.1) is 0 Å². The predicted molar refractivity (Wildman–Crippen MR) is 113 cm³/mol. The number of rotatable bonds is 6. The summed E-state index contributed by atoms with van der Waals surface area (Å²) in [5, 5.41) is 12.0. The molecule has 0 aromatic heterocycles. The van der Waals surface area contributed by atoms with Crippen LogP contribution in [-0.2, 0) is 4.79 Å². The Balaban J connectivity index is 1.71. The average molecular weight is 398 g/mol. The summed E-state index contributed by atoms with van der Waals surface area (Å²) in [5.74, 6) is -0.167. The minimum absolute atomic E-state index is 0.0741. The van der Waals surface area contributed by atoms with Gasteiger partial charge in [0.2, 0.25) is 0 Å². The van der Waals surface area contributed by atoms with Crippen LogP contribution in [0.5, 0.6) is 11.5 Å². The molecular formula is C24H18N2O4. The average Bonchev–Trinajstić information content (AvgIpc) is 2.79. The molecule has 3 aromatic carbocycles. The number of carbonyl (C=O) groups is 2. The highest BCUT2D eigenvalue weighted by molar-refractivity contribution is 6.10. The molecular weight excluding hydrogens is 380 g/mol. The van der Waals surface area contributed by atoms with Gasteiger partial charge in [0.1, 0.15) is 23.1 Å². The number of amides is 1. The second-order valence-electron chi connectivity index (χ2n) is 6.15. The lowest BCUT2D eigenvalue weighted by Crippen LogP contribution is -2.14. The smallest absolute Gasteiger partial charge is 0.343 e. The summed E-state index contributed by atoms with van der Waals surface area (Å²) in [5.41, 5.74) is 1.45. The van der Waals surface area contributed by atoms with Crippen molar-refractivity contribution in [1.29, 1.82) is 5.26 Å². The van der Waals surface area contributed by atoms with Crippen LogP contribution in [0.3, 0.4) is 0 Å². The SMILES string of the molecule is COc1ccccc1NC(=O)/C(C#N)=C/c1ccc(OC(=O)c2ccccc2)cc1. The number of hydrogen-bond acceptors (Lipinski definition) is 5. The van der Waals surface area contributed by atoms with Crippen LogP contribution in [-0.4, -0.2) is 19.0 Å². The number of nitrogens with one attached hydrogen (secondary N) is 1. The van der Waals surface area contributed by atoms with E-state index in [9.17, 15) is 14.9 Å². The van der Waals surface area contributed by atoms with Gasteiger partial charge in [0.25, 0.3) is 5.91 Å². The molecule has 0 spiro atoms. The molecule has 0 aliphatic rings. The minimum atomic E-state index is -0.554. The first kappa shape index (κ1) is 20.4. The number of carbonyl (C=O) groups excluding carboxylic acids is 2. The molecule has 0 atom stereocenters. The highest BCUT2D eigenvalue weighted by Crippen LogP contribution is 2.24. The fraction of sp³-hybridized carbons (Fsp3) is 0.0417. The van der Waals surface area contributed by atoms with Crippen LogP contribution in [0.15, 0.2) is 84.4 Å². The number of nitriles is 1. The second kappa shape index (κ2) is 9.71. The molecule has 3 aromatic rings. The molecule has 3 rings (SSSR count). The Morgan fingerprint density at radius 1 is 0.933 bits per heavy atom. The van der Waals surface area contributed by atoms with Crippen LogP contribution >= 0.6 is 0 Å². The van der Waals surface area contributed by atoms with Crippen molar-refractivity contribution in [2.45, 2.75) is 0 Å². The van der Waals surface area contributed by atoms with Crippen molar-refractivity contribution in [3.05, 3.63) is 95.6 Å². The quantitative estimate of drug-likeness (QED) is 0.287. The number of hydrogen-bond donors (Lipinski definition) is 1. The van der Waals surface area contributed by atoms with E-state index in [2.05, 4.69) is 5.32 Å². The van der Waals surface area contributed by atoms with Gasteiger partial charge >= 0.3 is 5.97 Å². The molecule has 30 heavy (non-hydrogen) atoms. The van der Waals surface area contributed by atoms with Gasteiger partial charge in [-0.2, -0.15) is 5.26 Å². The molecule has 0 saturated carbocycles. The van der Waals surface area contributed by atoms with E-state index in [1.54, 1.807) is 72.8 Å². The molecule has 1 amide bonds. The lowest BCUT2D eigenvalue weighted by molar-refractivity contribution is -0.112. The van der Waals surface area contributed by atoms with E-state index in [-0.39, 0.29) is 5.57 Å². The molecule has 6 nitrogen and oxygen atoms in total. The van der Waals surface area contributed by atoms with Crippen molar-refractivity contribution in [2.24, 2.45) is 0 Å². The molecule has 148 valence electrons. The summed E-state index contributed by atoms with van der Waals surface area (Å²) < 4.78 is 10.5. The van der Waals surface area contributed by atoms with E-state index in [1.165, 1.54) is 13.2 Å². The van der Waals surface area contributed by atoms with Gasteiger partial charge in [-0.05, 0) is 48.0 Å². The summed E-state index contributed by atoms with van der Waals surface area (Å²) in [6.45, 7) is 0. The van der Waals surface area contributed by atoms with Gasteiger partial charge in [0, 0.05) is 0 Å². The standard InChI is InChI=1S/C24H18N2O4/c1-29-22-10-6-5-9-21(22)26-23(27)19(16-25)15-17-11-13-20(14-12-17)30-24(28)18-7-3-2-4-8-18/h2-15H,1H3,(H,26,27)/b19-15+. The van der Waals surface area contributed by atoms with Crippen molar-refractivity contribution in [1.82, 2.24) is 0 Å². The van der Waals surface area contributed by atoms with Crippen LogP contribution in [0, 0.1) is 11.3 Å². The van der Waals surface area contributed by atoms with Crippen LogP contribution in [0.1, 0.15) is 15.9 Å². The second-order valence-corrected chi connectivity index (χ2v) is 6.15. The number of methoxy groups -OCH3 is 1. The monoisotopic (exact) mass is 398 g/mol. The van der Waals surface area contributed by atoms with Gasteiger partial charge in [0.15, 0.2) is 0 Å². The fourth-order valence-electron chi connectivity index (χ4n) is 2.63.